The summed E-state index contributed by atoms with van der Waals surface area (Å²) in [6.45, 7) is -0.320. The van der Waals surface area contributed by atoms with Crippen molar-refractivity contribution < 1.29 is 28.7 Å². The second-order valence-corrected chi connectivity index (χ2v) is 10.5. The number of hydrogen-bond acceptors (Lipinski definition) is 7. The van der Waals surface area contributed by atoms with Crippen LogP contribution in [0.15, 0.2) is 96.1 Å². The van der Waals surface area contributed by atoms with Gasteiger partial charge in [0.25, 0.3) is 11.8 Å². The van der Waals surface area contributed by atoms with Gasteiger partial charge in [0.1, 0.15) is 11.5 Å². The molecule has 4 aromatic rings. The third kappa shape index (κ3) is 8.62. The van der Waals surface area contributed by atoms with E-state index in [9.17, 15) is 19.2 Å². The molecule has 4 rings (SSSR count). The largest absolute Gasteiger partial charge is 0.423 e. The Morgan fingerprint density at radius 3 is 2.00 bits per heavy atom. The molecule has 0 heterocycles. The quantitative estimate of drug-likeness (QED) is 0.0730. The maximum atomic E-state index is 12.8. The molecule has 4 aromatic carbocycles. The Morgan fingerprint density at radius 1 is 0.786 bits per heavy atom. The molecule has 42 heavy (non-hydrogen) atoms. The molecule has 2 amide bonds. The van der Waals surface area contributed by atoms with Crippen molar-refractivity contribution in [2.45, 2.75) is 0 Å². The van der Waals surface area contributed by atoms with Gasteiger partial charge in [-0.1, -0.05) is 35.3 Å². The van der Waals surface area contributed by atoms with Gasteiger partial charge in [-0.2, -0.15) is 5.10 Å². The Balaban J connectivity index is 1.47. The molecular formula is C30H20Cl2IN3O6. The number of hydrazone groups is 1. The van der Waals surface area contributed by atoms with Gasteiger partial charge < -0.3 is 14.8 Å². The fraction of sp³-hybridized carbons (Fsp3) is 0.0333. The van der Waals surface area contributed by atoms with Crippen molar-refractivity contribution in [3.8, 4) is 11.5 Å². The Bertz CT molecular complexity index is 1660. The summed E-state index contributed by atoms with van der Waals surface area (Å²) in [5.74, 6) is -2.25. The Morgan fingerprint density at radius 2 is 1.38 bits per heavy atom. The first kappa shape index (κ1) is 30.7. The van der Waals surface area contributed by atoms with Gasteiger partial charge >= 0.3 is 11.9 Å². The summed E-state index contributed by atoms with van der Waals surface area (Å²) in [5, 5.41) is 7.34. The van der Waals surface area contributed by atoms with Crippen molar-refractivity contribution in [2.24, 2.45) is 5.10 Å². The topological polar surface area (TPSA) is 123 Å². The third-order valence-electron chi connectivity index (χ3n) is 5.48. The number of halogens is 3. The van der Waals surface area contributed by atoms with E-state index in [1.54, 1.807) is 36.4 Å². The van der Waals surface area contributed by atoms with Gasteiger partial charge in [-0.15, -0.1) is 0 Å². The number of carbonyl (C=O) groups is 4. The maximum Gasteiger partial charge on any atom is 0.343 e. The molecule has 0 aliphatic carbocycles. The molecule has 0 saturated heterocycles. The van der Waals surface area contributed by atoms with Crippen molar-refractivity contribution in [3.05, 3.63) is 127 Å². The summed E-state index contributed by atoms with van der Waals surface area (Å²) >= 11 is 13.8. The first-order chi connectivity index (χ1) is 20.2. The summed E-state index contributed by atoms with van der Waals surface area (Å²) in [6, 6.07) is 23.5. The Labute approximate surface area is 263 Å². The van der Waals surface area contributed by atoms with E-state index in [0.717, 1.165) is 3.57 Å². The molecule has 0 saturated carbocycles. The molecule has 0 radical (unpaired) electrons. The van der Waals surface area contributed by atoms with E-state index in [-0.39, 0.29) is 34.7 Å². The van der Waals surface area contributed by atoms with Gasteiger partial charge in [0, 0.05) is 25.2 Å². The number of benzene rings is 4. The summed E-state index contributed by atoms with van der Waals surface area (Å²) in [6.07, 6.45) is 1.25. The fourth-order valence-corrected chi connectivity index (χ4v) is 4.27. The molecule has 0 unspecified atom stereocenters. The van der Waals surface area contributed by atoms with Crippen LogP contribution in [-0.2, 0) is 4.79 Å². The lowest BCUT2D eigenvalue weighted by atomic mass is 10.2. The lowest BCUT2D eigenvalue weighted by Crippen LogP contribution is -2.35. The minimum atomic E-state index is -0.704. The van der Waals surface area contributed by atoms with E-state index in [1.165, 1.54) is 60.8 Å². The molecule has 0 fully saturated rings. The molecule has 0 aliphatic heterocycles. The van der Waals surface area contributed by atoms with Gasteiger partial charge in [0.2, 0.25) is 0 Å². The predicted octanol–water partition coefficient (Wildman–Crippen LogP) is 5.92. The van der Waals surface area contributed by atoms with Crippen molar-refractivity contribution in [1.82, 2.24) is 10.7 Å². The normalized spacial score (nSPS) is 10.6. The highest BCUT2D eigenvalue weighted by Crippen LogP contribution is 2.26. The van der Waals surface area contributed by atoms with E-state index in [0.29, 0.717) is 15.6 Å². The van der Waals surface area contributed by atoms with Gasteiger partial charge in [-0.3, -0.25) is 9.59 Å². The van der Waals surface area contributed by atoms with E-state index >= 15 is 0 Å². The smallest absolute Gasteiger partial charge is 0.343 e. The number of ether oxygens (including phenoxy) is 2. The predicted molar refractivity (Wildman–Crippen MR) is 166 cm³/mol. The number of rotatable bonds is 9. The SMILES string of the molecule is O=C(CNC(=O)c1ccccc1I)N/N=C\c1ccc(OC(=O)c2ccc(Cl)cc2)cc1OC(=O)c1ccc(Cl)cc1. The van der Waals surface area contributed by atoms with E-state index in [1.807, 2.05) is 22.6 Å². The standard InChI is InChI=1S/C30H20Cl2IN3O6/c31-21-10-5-18(6-11-21)29(39)41-23-14-9-20(26(15-23)42-30(40)19-7-12-22(32)13-8-19)16-35-36-27(37)17-34-28(38)24-3-1-2-4-25(24)33/h1-16H,17H2,(H,34,38)(H,36,37)/b35-16-. The van der Waals surface area contributed by atoms with Crippen molar-refractivity contribution in [1.29, 1.82) is 0 Å². The highest BCUT2D eigenvalue weighted by molar-refractivity contribution is 14.1. The zero-order valence-corrected chi connectivity index (χ0v) is 25.1. The summed E-state index contributed by atoms with van der Waals surface area (Å²) in [7, 11) is 0. The highest BCUT2D eigenvalue weighted by Gasteiger charge is 2.16. The molecule has 9 nitrogen and oxygen atoms in total. The fourth-order valence-electron chi connectivity index (χ4n) is 3.38. The molecule has 0 atom stereocenters. The number of carbonyl (C=O) groups excluding carboxylic acids is 4. The first-order valence-electron chi connectivity index (χ1n) is 12.1. The van der Waals surface area contributed by atoms with Gasteiger partial charge in [0.05, 0.1) is 29.4 Å². The van der Waals surface area contributed by atoms with Gasteiger partial charge in [-0.05, 0) is 95.4 Å². The zero-order chi connectivity index (χ0) is 30.1. The molecule has 212 valence electrons. The van der Waals surface area contributed by atoms with E-state index < -0.39 is 23.8 Å². The second-order valence-electron chi connectivity index (χ2n) is 8.45. The van der Waals surface area contributed by atoms with Crippen LogP contribution in [0.2, 0.25) is 10.0 Å². The first-order valence-corrected chi connectivity index (χ1v) is 14.0. The Kier molecular flexibility index (Phi) is 10.7. The molecule has 2 N–H and O–H groups in total. The van der Waals surface area contributed by atoms with Crippen LogP contribution in [0.25, 0.3) is 0 Å². The van der Waals surface area contributed by atoms with Gasteiger partial charge in [-0.25, -0.2) is 15.0 Å². The number of esters is 2. The van der Waals surface area contributed by atoms with Crippen LogP contribution in [0.5, 0.6) is 11.5 Å². The van der Waals surface area contributed by atoms with Crippen LogP contribution >= 0.6 is 45.8 Å². The second kappa shape index (κ2) is 14.6. The molecular weight excluding hydrogens is 696 g/mol. The Hall–Kier alpha value is -4.26. The molecule has 0 aliphatic rings. The van der Waals surface area contributed by atoms with Crippen LogP contribution in [0.4, 0.5) is 0 Å². The van der Waals surface area contributed by atoms with Crippen molar-refractivity contribution in [2.75, 3.05) is 6.54 Å². The summed E-state index contributed by atoms with van der Waals surface area (Å²) in [4.78, 5) is 50.0. The molecule has 0 bridgehead atoms. The van der Waals surface area contributed by atoms with Crippen LogP contribution in [0.1, 0.15) is 36.6 Å². The van der Waals surface area contributed by atoms with Gasteiger partial charge in [0.15, 0.2) is 0 Å². The average Bonchev–Trinajstić information content (AvgIpc) is 2.98. The lowest BCUT2D eigenvalue weighted by molar-refractivity contribution is -0.120. The highest BCUT2D eigenvalue weighted by atomic mass is 127. The number of nitrogens with zero attached hydrogens (tertiary/aromatic N) is 1. The molecule has 12 heteroatoms. The van der Waals surface area contributed by atoms with Crippen LogP contribution in [0.3, 0.4) is 0 Å². The lowest BCUT2D eigenvalue weighted by Gasteiger charge is -2.11. The average molecular weight is 716 g/mol. The van der Waals surface area contributed by atoms with E-state index in [2.05, 4.69) is 15.8 Å². The van der Waals surface area contributed by atoms with Crippen LogP contribution in [0, 0.1) is 3.57 Å². The minimum absolute atomic E-state index is 0.00121. The third-order valence-corrected chi connectivity index (χ3v) is 6.92. The molecule has 0 spiro atoms. The zero-order valence-electron chi connectivity index (χ0n) is 21.5. The number of hydrogen-bond donors (Lipinski definition) is 2. The summed E-state index contributed by atoms with van der Waals surface area (Å²) in [5.41, 5.74) is 3.52. The monoisotopic (exact) mass is 715 g/mol. The number of nitrogens with one attached hydrogen (secondary N) is 2. The maximum absolute atomic E-state index is 12.8. The van der Waals surface area contributed by atoms with Crippen molar-refractivity contribution in [3.63, 3.8) is 0 Å². The molecule has 0 aromatic heterocycles. The number of amides is 2. The van der Waals surface area contributed by atoms with Crippen LogP contribution < -0.4 is 20.2 Å². The van der Waals surface area contributed by atoms with Crippen LogP contribution in [-0.4, -0.2) is 36.5 Å². The minimum Gasteiger partial charge on any atom is -0.423 e. The van der Waals surface area contributed by atoms with E-state index in [4.69, 9.17) is 32.7 Å². The van der Waals surface area contributed by atoms with Crippen molar-refractivity contribution >= 4 is 75.8 Å². The summed E-state index contributed by atoms with van der Waals surface area (Å²) < 4.78 is 11.7.